The molecule has 0 radical (unpaired) electrons. The molecule has 0 saturated heterocycles. The van der Waals surface area contributed by atoms with Gasteiger partial charge in [-0.25, -0.2) is 4.79 Å². The molecule has 1 heterocycles. The average Bonchev–Trinajstić information content (AvgIpc) is 2.66. The minimum Gasteiger partial charge on any atom is -0.465 e. The number of hydrogen-bond acceptors (Lipinski definition) is 3. The van der Waals surface area contributed by atoms with Crippen LogP contribution in [0.1, 0.15) is 49.2 Å². The van der Waals surface area contributed by atoms with E-state index >= 15 is 0 Å². The van der Waals surface area contributed by atoms with E-state index in [0.29, 0.717) is 12.5 Å². The number of nitrogens with one attached hydrogen (secondary N) is 1. The largest absolute Gasteiger partial charge is 0.465 e. The second-order valence-electron chi connectivity index (χ2n) is 8.03. The molecule has 7 heteroatoms. The summed E-state index contributed by atoms with van der Waals surface area (Å²) in [5, 5.41) is 12.6. The van der Waals surface area contributed by atoms with Crippen molar-refractivity contribution in [3.63, 3.8) is 0 Å². The fourth-order valence-corrected chi connectivity index (χ4v) is 3.73. The van der Waals surface area contributed by atoms with E-state index in [-0.39, 0.29) is 30.9 Å². The molecule has 0 aliphatic heterocycles. The molecule has 5 nitrogen and oxygen atoms in total. The highest BCUT2D eigenvalue weighted by Gasteiger charge is 2.18. The van der Waals surface area contributed by atoms with Crippen molar-refractivity contribution in [2.24, 2.45) is 11.7 Å². The number of aryl methyl sites for hydroxylation is 1. The third-order valence-corrected chi connectivity index (χ3v) is 5.18. The van der Waals surface area contributed by atoms with E-state index in [2.05, 4.69) is 50.4 Å². The van der Waals surface area contributed by atoms with E-state index in [9.17, 15) is 4.79 Å². The Morgan fingerprint density at radius 2 is 1.74 bits per heavy atom. The highest BCUT2D eigenvalue weighted by molar-refractivity contribution is 5.97. The molecule has 1 unspecified atom stereocenters. The first-order chi connectivity index (χ1) is 13.8. The Morgan fingerprint density at radius 3 is 2.29 bits per heavy atom. The maximum atomic E-state index is 11.1. The summed E-state index contributed by atoms with van der Waals surface area (Å²) in [6, 6.07) is 14.1. The first-order valence-electron chi connectivity index (χ1n) is 10.0. The van der Waals surface area contributed by atoms with Gasteiger partial charge in [-0.1, -0.05) is 49.7 Å². The Kier molecular flexibility index (Phi) is 9.75. The molecule has 1 atom stereocenters. The normalized spacial score (nSPS) is 11.5. The Labute approximate surface area is 196 Å². The average molecular weight is 464 g/mol. The van der Waals surface area contributed by atoms with E-state index in [4.69, 9.17) is 15.8 Å². The summed E-state index contributed by atoms with van der Waals surface area (Å²) in [5.74, 6) is 0.468. The molecule has 0 saturated carbocycles. The minimum atomic E-state index is -1.04. The smallest absolute Gasteiger partial charge is 0.405 e. The number of fused-ring (bicyclic) bond motifs is 1. The molecule has 0 spiro atoms. The van der Waals surface area contributed by atoms with Gasteiger partial charge in [0.25, 0.3) is 0 Å². The highest BCUT2D eigenvalue weighted by atomic mass is 35.5. The number of carboxylic acid groups (broad SMARTS) is 1. The third kappa shape index (κ3) is 6.10. The van der Waals surface area contributed by atoms with Gasteiger partial charge in [0.15, 0.2) is 0 Å². The SMILES string of the molecule is Cc1ccc(-c2c(CN)c(CC(C)C)nc3ccc(C(C)NC(=O)O)cc23)cc1.Cl.Cl. The molecule has 3 aromatic rings. The standard InChI is InChI=1S/C24H29N3O2.2ClH/c1-14(2)11-22-20(13-25)23(17-7-5-15(3)6-8-17)19-12-18(9-10-21(19)27-22)16(4)26-24(28)29;;/h5-10,12,14,16,26H,11,13,25H2,1-4H3,(H,28,29);2*1H. The summed E-state index contributed by atoms with van der Waals surface area (Å²) >= 11 is 0. The number of amides is 1. The van der Waals surface area contributed by atoms with E-state index in [1.807, 2.05) is 25.1 Å². The quantitative estimate of drug-likeness (QED) is 0.415. The van der Waals surface area contributed by atoms with Gasteiger partial charge in [-0.05, 0) is 60.6 Å². The highest BCUT2D eigenvalue weighted by Crippen LogP contribution is 2.35. The van der Waals surface area contributed by atoms with Gasteiger partial charge >= 0.3 is 6.09 Å². The summed E-state index contributed by atoms with van der Waals surface area (Å²) in [4.78, 5) is 16.0. The van der Waals surface area contributed by atoms with Crippen molar-refractivity contribution in [3.05, 3.63) is 64.8 Å². The van der Waals surface area contributed by atoms with E-state index < -0.39 is 6.09 Å². The van der Waals surface area contributed by atoms with Gasteiger partial charge in [-0.3, -0.25) is 4.98 Å². The molecule has 3 rings (SSSR count). The number of nitrogens with two attached hydrogens (primary N) is 1. The van der Waals surface area contributed by atoms with Crippen LogP contribution in [0.4, 0.5) is 4.79 Å². The number of aromatic nitrogens is 1. The summed E-state index contributed by atoms with van der Waals surface area (Å²) < 4.78 is 0. The maximum absolute atomic E-state index is 11.1. The molecule has 4 N–H and O–H groups in total. The number of benzene rings is 2. The van der Waals surface area contributed by atoms with Crippen LogP contribution in [0.15, 0.2) is 42.5 Å². The van der Waals surface area contributed by atoms with Crippen molar-refractivity contribution in [2.45, 2.75) is 46.7 Å². The summed E-state index contributed by atoms with van der Waals surface area (Å²) in [6.07, 6.45) is -0.176. The van der Waals surface area contributed by atoms with Crippen molar-refractivity contribution >= 4 is 41.8 Å². The first kappa shape index (κ1) is 26.7. The molecular weight excluding hydrogens is 433 g/mol. The fraction of sp³-hybridized carbons (Fsp3) is 0.333. The van der Waals surface area contributed by atoms with E-state index in [1.165, 1.54) is 5.56 Å². The molecule has 31 heavy (non-hydrogen) atoms. The molecule has 0 aliphatic carbocycles. The monoisotopic (exact) mass is 463 g/mol. The van der Waals surface area contributed by atoms with Crippen molar-refractivity contribution < 1.29 is 9.90 Å². The number of carbonyl (C=O) groups is 1. The Hall–Kier alpha value is -2.34. The topological polar surface area (TPSA) is 88.2 Å². The maximum Gasteiger partial charge on any atom is 0.405 e. The van der Waals surface area contributed by atoms with Gasteiger partial charge < -0.3 is 16.2 Å². The van der Waals surface area contributed by atoms with Crippen LogP contribution in [0.3, 0.4) is 0 Å². The second-order valence-corrected chi connectivity index (χ2v) is 8.03. The molecule has 1 amide bonds. The van der Waals surface area contributed by atoms with Gasteiger partial charge in [0.2, 0.25) is 0 Å². The van der Waals surface area contributed by atoms with Crippen molar-refractivity contribution in [2.75, 3.05) is 0 Å². The first-order valence-corrected chi connectivity index (χ1v) is 10.0. The summed E-state index contributed by atoms with van der Waals surface area (Å²) in [6.45, 7) is 8.67. The molecule has 1 aromatic heterocycles. The van der Waals surface area contributed by atoms with Gasteiger partial charge in [-0.2, -0.15) is 0 Å². The molecule has 0 aliphatic rings. The van der Waals surface area contributed by atoms with Crippen LogP contribution in [0.2, 0.25) is 0 Å². The van der Waals surface area contributed by atoms with Gasteiger partial charge in [0, 0.05) is 17.6 Å². The van der Waals surface area contributed by atoms with Gasteiger partial charge in [-0.15, -0.1) is 24.8 Å². The number of nitrogens with zero attached hydrogens (tertiary/aromatic N) is 1. The van der Waals surface area contributed by atoms with Crippen LogP contribution in [0, 0.1) is 12.8 Å². The Bertz CT molecular complexity index is 1040. The van der Waals surface area contributed by atoms with Crippen LogP contribution < -0.4 is 11.1 Å². The summed E-state index contributed by atoms with van der Waals surface area (Å²) in [5.41, 5.74) is 13.5. The Morgan fingerprint density at radius 1 is 1.10 bits per heavy atom. The molecule has 168 valence electrons. The van der Waals surface area contributed by atoms with E-state index in [1.54, 1.807) is 0 Å². The van der Waals surface area contributed by atoms with Crippen LogP contribution in [-0.4, -0.2) is 16.2 Å². The zero-order valence-corrected chi connectivity index (χ0v) is 19.9. The predicted molar refractivity (Wildman–Crippen MR) is 132 cm³/mol. The molecule has 2 aromatic carbocycles. The van der Waals surface area contributed by atoms with Gasteiger partial charge in [0.05, 0.1) is 11.6 Å². The lowest BCUT2D eigenvalue weighted by atomic mass is 9.90. The van der Waals surface area contributed by atoms with Crippen molar-refractivity contribution in [1.82, 2.24) is 10.3 Å². The lowest BCUT2D eigenvalue weighted by Gasteiger charge is -2.19. The number of rotatable bonds is 6. The fourth-order valence-electron chi connectivity index (χ4n) is 3.73. The Balaban J connectivity index is 0.00000240. The second kappa shape index (κ2) is 11.3. The number of pyridine rings is 1. The minimum absolute atomic E-state index is 0. The van der Waals surface area contributed by atoms with Crippen molar-refractivity contribution in [1.29, 1.82) is 0 Å². The van der Waals surface area contributed by atoms with E-state index in [0.717, 1.165) is 45.3 Å². The molecular formula is C24H31Cl2N3O2. The van der Waals surface area contributed by atoms with Crippen molar-refractivity contribution in [3.8, 4) is 11.1 Å². The predicted octanol–water partition coefficient (Wildman–Crippen LogP) is 6.04. The molecule has 0 bridgehead atoms. The zero-order valence-electron chi connectivity index (χ0n) is 18.3. The number of hydrogen-bond donors (Lipinski definition) is 3. The molecule has 0 fully saturated rings. The number of halogens is 2. The van der Waals surface area contributed by atoms with Crippen LogP contribution in [0.5, 0.6) is 0 Å². The lowest BCUT2D eigenvalue weighted by Crippen LogP contribution is -2.24. The zero-order chi connectivity index (χ0) is 21.1. The lowest BCUT2D eigenvalue weighted by molar-refractivity contribution is 0.191. The van der Waals surface area contributed by atoms with Crippen LogP contribution in [0.25, 0.3) is 22.0 Å². The third-order valence-electron chi connectivity index (χ3n) is 5.18. The summed E-state index contributed by atoms with van der Waals surface area (Å²) in [7, 11) is 0. The van der Waals surface area contributed by atoms with Crippen LogP contribution >= 0.6 is 24.8 Å². The van der Waals surface area contributed by atoms with Gasteiger partial charge in [0.1, 0.15) is 0 Å². The van der Waals surface area contributed by atoms with Crippen LogP contribution in [-0.2, 0) is 13.0 Å².